The highest BCUT2D eigenvalue weighted by molar-refractivity contribution is 9.10. The van der Waals surface area contributed by atoms with E-state index in [9.17, 15) is 4.79 Å². The third-order valence-electron chi connectivity index (χ3n) is 4.63. The van der Waals surface area contributed by atoms with E-state index in [1.54, 1.807) is 4.90 Å². The first-order chi connectivity index (χ1) is 13.9. The smallest absolute Gasteiger partial charge is 0.278 e. The van der Waals surface area contributed by atoms with Crippen molar-refractivity contribution < 1.29 is 4.79 Å². The Bertz CT molecular complexity index is 1170. The third-order valence-corrected chi connectivity index (χ3v) is 6.16. The van der Waals surface area contributed by atoms with E-state index in [2.05, 4.69) is 34.9 Å². The number of halogens is 1. The molecule has 0 aliphatic rings. The van der Waals surface area contributed by atoms with Gasteiger partial charge in [-0.05, 0) is 50.6 Å². The van der Waals surface area contributed by atoms with Gasteiger partial charge < -0.3 is 0 Å². The van der Waals surface area contributed by atoms with Gasteiger partial charge in [-0.1, -0.05) is 57.6 Å². The van der Waals surface area contributed by atoms with Crippen LogP contribution >= 0.6 is 27.3 Å². The maximum Gasteiger partial charge on any atom is 0.280 e. The second-order valence-electron chi connectivity index (χ2n) is 7.19. The molecule has 0 radical (unpaired) electrons. The van der Waals surface area contributed by atoms with Gasteiger partial charge in [-0.25, -0.2) is 4.98 Å². The summed E-state index contributed by atoms with van der Waals surface area (Å²) in [5.74, 6) is -0.144. The summed E-state index contributed by atoms with van der Waals surface area (Å²) in [6, 6.07) is 18.0. The number of amides is 1. The van der Waals surface area contributed by atoms with Gasteiger partial charge in [-0.15, -0.1) is 0 Å². The van der Waals surface area contributed by atoms with Gasteiger partial charge in [0, 0.05) is 16.2 Å². The van der Waals surface area contributed by atoms with E-state index in [4.69, 9.17) is 4.98 Å². The molecule has 0 spiro atoms. The molecule has 1 amide bonds. The molecule has 7 heteroatoms. The van der Waals surface area contributed by atoms with E-state index >= 15 is 0 Å². The quantitative estimate of drug-likeness (QED) is 0.361. The fraction of sp³-hybridized carbons (Fsp3) is 0.227. The zero-order valence-electron chi connectivity index (χ0n) is 16.5. The number of aromatic nitrogens is 3. The Morgan fingerprint density at radius 1 is 1.17 bits per heavy atom. The Kier molecular flexibility index (Phi) is 5.52. The highest BCUT2D eigenvalue weighted by Gasteiger charge is 2.25. The molecule has 2 aromatic heterocycles. The Morgan fingerprint density at radius 3 is 2.62 bits per heavy atom. The molecule has 0 bridgehead atoms. The number of hydrogen-bond donors (Lipinski definition) is 0. The monoisotopic (exact) mass is 468 g/mol. The molecule has 0 aliphatic carbocycles. The lowest BCUT2D eigenvalue weighted by molar-refractivity contribution is 0.0979. The molecule has 4 aromatic rings. The van der Waals surface area contributed by atoms with Crippen LogP contribution in [-0.4, -0.2) is 20.7 Å². The fourth-order valence-corrected chi connectivity index (χ4v) is 4.76. The van der Waals surface area contributed by atoms with Gasteiger partial charge >= 0.3 is 0 Å². The van der Waals surface area contributed by atoms with Crippen molar-refractivity contribution in [3.63, 3.8) is 0 Å². The van der Waals surface area contributed by atoms with Crippen molar-refractivity contribution in [3.05, 3.63) is 76.0 Å². The van der Waals surface area contributed by atoms with Crippen LogP contribution in [0.15, 0.2) is 59.1 Å². The summed E-state index contributed by atoms with van der Waals surface area (Å²) in [6.45, 7) is 6.53. The number of carbonyl (C=O) groups excluding carboxylic acids is 1. The predicted octanol–water partition coefficient (Wildman–Crippen LogP) is 5.99. The Labute approximate surface area is 182 Å². The van der Waals surface area contributed by atoms with E-state index in [0.717, 1.165) is 25.9 Å². The first-order valence-corrected chi connectivity index (χ1v) is 11.0. The van der Waals surface area contributed by atoms with Crippen molar-refractivity contribution in [2.45, 2.75) is 33.4 Å². The number of rotatable bonds is 5. The van der Waals surface area contributed by atoms with Gasteiger partial charge in [-0.3, -0.25) is 14.4 Å². The van der Waals surface area contributed by atoms with Gasteiger partial charge in [0.2, 0.25) is 0 Å². The molecular weight excluding hydrogens is 448 g/mol. The van der Waals surface area contributed by atoms with Crippen LogP contribution in [0.5, 0.6) is 0 Å². The standard InChI is InChI=1S/C22H21BrN4OS/c1-14(2)27-15(3)11-19(25-27)21(28)26(13-16-7-5-4-6-8-16)22-24-18-10-9-17(23)12-20(18)29-22/h4-12,14H,13H2,1-3H3. The minimum absolute atomic E-state index is 0.144. The van der Waals surface area contributed by atoms with E-state index in [0.29, 0.717) is 17.4 Å². The van der Waals surface area contributed by atoms with E-state index in [-0.39, 0.29) is 11.9 Å². The summed E-state index contributed by atoms with van der Waals surface area (Å²) >= 11 is 5.02. The SMILES string of the molecule is Cc1cc(C(=O)N(Cc2ccccc2)c2nc3ccc(Br)cc3s2)nn1C(C)C. The summed E-state index contributed by atoms with van der Waals surface area (Å²) in [7, 11) is 0. The molecule has 29 heavy (non-hydrogen) atoms. The molecule has 0 unspecified atom stereocenters. The second-order valence-corrected chi connectivity index (χ2v) is 9.12. The van der Waals surface area contributed by atoms with Crippen LogP contribution in [0.3, 0.4) is 0 Å². The lowest BCUT2D eigenvalue weighted by Crippen LogP contribution is -2.30. The number of anilines is 1. The number of carbonyl (C=O) groups is 1. The minimum atomic E-state index is -0.144. The van der Waals surface area contributed by atoms with Crippen molar-refractivity contribution in [2.24, 2.45) is 0 Å². The van der Waals surface area contributed by atoms with Crippen LogP contribution in [0, 0.1) is 6.92 Å². The largest absolute Gasteiger partial charge is 0.280 e. The van der Waals surface area contributed by atoms with Crippen molar-refractivity contribution in [3.8, 4) is 0 Å². The first kappa shape index (κ1) is 19.8. The van der Waals surface area contributed by atoms with Crippen LogP contribution in [0.25, 0.3) is 10.2 Å². The van der Waals surface area contributed by atoms with Crippen LogP contribution in [-0.2, 0) is 6.54 Å². The molecule has 0 fully saturated rings. The molecule has 2 aromatic carbocycles. The topological polar surface area (TPSA) is 51.0 Å². The Balaban J connectivity index is 1.76. The lowest BCUT2D eigenvalue weighted by Gasteiger charge is -2.19. The molecule has 0 saturated heterocycles. The third kappa shape index (κ3) is 4.11. The van der Waals surface area contributed by atoms with Gasteiger partial charge in [0.25, 0.3) is 5.91 Å². The van der Waals surface area contributed by atoms with Gasteiger partial charge in [-0.2, -0.15) is 5.10 Å². The zero-order valence-corrected chi connectivity index (χ0v) is 18.9. The maximum absolute atomic E-state index is 13.5. The summed E-state index contributed by atoms with van der Waals surface area (Å²) in [5, 5.41) is 5.23. The molecule has 5 nitrogen and oxygen atoms in total. The normalized spacial score (nSPS) is 11.3. The van der Waals surface area contributed by atoms with Gasteiger partial charge in [0.15, 0.2) is 10.8 Å². The fourth-order valence-electron chi connectivity index (χ4n) is 3.25. The molecule has 2 heterocycles. The molecule has 0 aliphatic heterocycles. The summed E-state index contributed by atoms with van der Waals surface area (Å²) < 4.78 is 3.90. The predicted molar refractivity (Wildman–Crippen MR) is 122 cm³/mol. The number of fused-ring (bicyclic) bond motifs is 1. The van der Waals surface area contributed by atoms with E-state index in [1.807, 2.05) is 66.2 Å². The summed E-state index contributed by atoms with van der Waals surface area (Å²) in [5.41, 5.74) is 3.33. The van der Waals surface area contributed by atoms with Crippen LogP contribution in [0.1, 0.15) is 41.6 Å². The molecule has 148 valence electrons. The highest BCUT2D eigenvalue weighted by Crippen LogP contribution is 2.32. The van der Waals surface area contributed by atoms with E-state index < -0.39 is 0 Å². The minimum Gasteiger partial charge on any atom is -0.278 e. The first-order valence-electron chi connectivity index (χ1n) is 9.40. The summed E-state index contributed by atoms with van der Waals surface area (Å²) in [4.78, 5) is 19.9. The van der Waals surface area contributed by atoms with Crippen molar-refractivity contribution in [2.75, 3.05) is 4.90 Å². The van der Waals surface area contributed by atoms with Crippen LogP contribution in [0.4, 0.5) is 5.13 Å². The average molecular weight is 469 g/mol. The average Bonchev–Trinajstić information content (AvgIpc) is 3.29. The number of aryl methyl sites for hydroxylation is 1. The molecule has 0 atom stereocenters. The number of benzene rings is 2. The summed E-state index contributed by atoms with van der Waals surface area (Å²) in [6.07, 6.45) is 0. The number of nitrogens with zero attached hydrogens (tertiary/aromatic N) is 4. The van der Waals surface area contributed by atoms with Crippen molar-refractivity contribution >= 4 is 48.5 Å². The van der Waals surface area contributed by atoms with E-state index in [1.165, 1.54) is 11.3 Å². The van der Waals surface area contributed by atoms with Crippen LogP contribution in [0.2, 0.25) is 0 Å². The van der Waals surface area contributed by atoms with Crippen LogP contribution < -0.4 is 4.90 Å². The molecule has 0 N–H and O–H groups in total. The second kappa shape index (κ2) is 8.08. The Morgan fingerprint density at radius 2 is 1.93 bits per heavy atom. The number of hydrogen-bond acceptors (Lipinski definition) is 4. The zero-order chi connectivity index (χ0) is 20.5. The molecule has 4 rings (SSSR count). The molecule has 0 saturated carbocycles. The van der Waals surface area contributed by atoms with Gasteiger partial charge in [0.05, 0.1) is 16.8 Å². The van der Waals surface area contributed by atoms with Crippen molar-refractivity contribution in [1.29, 1.82) is 0 Å². The molecular formula is C22H21BrN4OS. The number of thiazole rings is 1. The van der Waals surface area contributed by atoms with Gasteiger partial charge in [0.1, 0.15) is 0 Å². The van der Waals surface area contributed by atoms with Crippen molar-refractivity contribution in [1.82, 2.24) is 14.8 Å². The maximum atomic E-state index is 13.5. The lowest BCUT2D eigenvalue weighted by atomic mass is 10.2. The highest BCUT2D eigenvalue weighted by atomic mass is 79.9. The Hall–Kier alpha value is -2.51.